The van der Waals surface area contributed by atoms with E-state index in [4.69, 9.17) is 0 Å². The van der Waals surface area contributed by atoms with E-state index in [0.717, 1.165) is 35.7 Å². The van der Waals surface area contributed by atoms with Crippen molar-refractivity contribution in [2.75, 3.05) is 34.9 Å². The van der Waals surface area contributed by atoms with Crippen LogP contribution in [0.3, 0.4) is 0 Å². The van der Waals surface area contributed by atoms with Crippen molar-refractivity contribution in [3.8, 4) is 0 Å². The molecule has 2 heterocycles. The number of hydrogen-bond acceptors (Lipinski definition) is 6. The number of rotatable bonds is 6. The summed E-state index contributed by atoms with van der Waals surface area (Å²) < 4.78 is 0. The molecule has 4 rings (SSSR count). The summed E-state index contributed by atoms with van der Waals surface area (Å²) in [5, 5.41) is 12.9. The zero-order valence-corrected chi connectivity index (χ0v) is 19.0. The molecular formula is C25H30N6O. The van der Waals surface area contributed by atoms with Gasteiger partial charge in [0.05, 0.1) is 17.3 Å². The maximum atomic E-state index is 13.1. The van der Waals surface area contributed by atoms with Gasteiger partial charge in [-0.25, -0.2) is 9.97 Å². The smallest absolute Gasteiger partial charge is 0.257 e. The molecule has 1 aliphatic heterocycles. The number of fused-ring (bicyclic) bond motifs is 1. The van der Waals surface area contributed by atoms with Crippen LogP contribution in [0.2, 0.25) is 0 Å². The van der Waals surface area contributed by atoms with Gasteiger partial charge in [-0.2, -0.15) is 0 Å². The van der Waals surface area contributed by atoms with Crippen molar-refractivity contribution < 1.29 is 4.79 Å². The van der Waals surface area contributed by atoms with Gasteiger partial charge in [0.1, 0.15) is 0 Å². The number of benzene rings is 2. The Balaban J connectivity index is 1.53. The minimum absolute atomic E-state index is 0.103. The maximum Gasteiger partial charge on any atom is 0.257 e. The number of hydrogen-bond donors (Lipinski definition) is 4. The van der Waals surface area contributed by atoms with E-state index in [1.165, 1.54) is 5.56 Å². The molecule has 2 aromatic carbocycles. The molecule has 1 aromatic heterocycles. The minimum Gasteiger partial charge on any atom is -0.385 e. The van der Waals surface area contributed by atoms with Gasteiger partial charge < -0.3 is 21.3 Å². The number of carbonyl (C=O) groups is 1. The standard InChI is InChI=1S/C25H30N6O/c1-16(20-11-13-28-24(26-4)31-20)29-21-8-6-5-7-18(21)23(32)30-17-9-10-19-22(15-17)27-14-12-25(19,2)3/h5-11,13,15-16,27,29H,12,14H2,1-4H3,(H,30,32)(H,26,28,31). The highest BCUT2D eigenvalue weighted by Gasteiger charge is 2.27. The number of amides is 1. The van der Waals surface area contributed by atoms with E-state index < -0.39 is 0 Å². The number of para-hydroxylation sites is 1. The molecule has 0 aliphatic carbocycles. The van der Waals surface area contributed by atoms with Crippen LogP contribution in [0.5, 0.6) is 0 Å². The summed E-state index contributed by atoms with van der Waals surface area (Å²) in [5.74, 6) is 0.403. The molecule has 7 heteroatoms. The highest BCUT2D eigenvalue weighted by atomic mass is 16.1. The maximum absolute atomic E-state index is 13.1. The van der Waals surface area contributed by atoms with Gasteiger partial charge in [-0.05, 0) is 54.7 Å². The van der Waals surface area contributed by atoms with E-state index in [9.17, 15) is 4.79 Å². The Kier molecular flexibility index (Phi) is 5.99. The third-order valence-corrected chi connectivity index (χ3v) is 5.96. The van der Waals surface area contributed by atoms with Crippen LogP contribution in [0.1, 0.15) is 54.8 Å². The minimum atomic E-state index is -0.158. The summed E-state index contributed by atoms with van der Waals surface area (Å²) in [7, 11) is 1.79. The summed E-state index contributed by atoms with van der Waals surface area (Å²) in [6.45, 7) is 7.45. The van der Waals surface area contributed by atoms with E-state index >= 15 is 0 Å². The normalized spacial score (nSPS) is 15.1. The molecule has 0 spiro atoms. The zero-order valence-electron chi connectivity index (χ0n) is 19.0. The van der Waals surface area contributed by atoms with Crippen molar-refractivity contribution in [2.45, 2.75) is 38.6 Å². The first-order chi connectivity index (χ1) is 15.4. The molecule has 0 fully saturated rings. The topological polar surface area (TPSA) is 91.0 Å². The van der Waals surface area contributed by atoms with Crippen molar-refractivity contribution in [1.82, 2.24) is 9.97 Å². The van der Waals surface area contributed by atoms with Crippen LogP contribution < -0.4 is 21.3 Å². The van der Waals surface area contributed by atoms with Crippen LogP contribution in [-0.4, -0.2) is 29.5 Å². The predicted octanol–water partition coefficient (Wildman–Crippen LogP) is 5.04. The van der Waals surface area contributed by atoms with Crippen LogP contribution in [0.25, 0.3) is 0 Å². The predicted molar refractivity (Wildman–Crippen MR) is 131 cm³/mol. The number of aromatic nitrogens is 2. The van der Waals surface area contributed by atoms with Gasteiger partial charge in [0.2, 0.25) is 5.95 Å². The lowest BCUT2D eigenvalue weighted by Gasteiger charge is -2.33. The molecule has 7 nitrogen and oxygen atoms in total. The second kappa shape index (κ2) is 8.86. The van der Waals surface area contributed by atoms with Gasteiger partial charge in [0, 0.05) is 36.9 Å². The number of nitrogens with zero attached hydrogens (tertiary/aromatic N) is 2. The molecule has 3 aromatic rings. The fourth-order valence-electron chi connectivity index (χ4n) is 4.05. The van der Waals surface area contributed by atoms with Gasteiger partial charge in [0.25, 0.3) is 5.91 Å². The van der Waals surface area contributed by atoms with Crippen molar-refractivity contribution in [2.24, 2.45) is 0 Å². The van der Waals surface area contributed by atoms with Gasteiger partial charge in [-0.3, -0.25) is 4.79 Å². The van der Waals surface area contributed by atoms with E-state index in [2.05, 4.69) is 51.1 Å². The SMILES string of the molecule is CNc1nccc(C(C)Nc2ccccc2C(=O)Nc2ccc3c(c2)NCCC3(C)C)n1. The van der Waals surface area contributed by atoms with Crippen molar-refractivity contribution >= 4 is 28.9 Å². The molecule has 1 unspecified atom stereocenters. The Bertz CT molecular complexity index is 1130. The number of carbonyl (C=O) groups excluding carboxylic acids is 1. The van der Waals surface area contributed by atoms with Crippen molar-refractivity contribution in [3.63, 3.8) is 0 Å². The van der Waals surface area contributed by atoms with Crippen molar-refractivity contribution in [1.29, 1.82) is 0 Å². The van der Waals surface area contributed by atoms with Crippen LogP contribution in [0.15, 0.2) is 54.7 Å². The molecule has 0 saturated carbocycles. The van der Waals surface area contributed by atoms with Crippen LogP contribution in [0, 0.1) is 0 Å². The largest absolute Gasteiger partial charge is 0.385 e. The molecule has 1 atom stereocenters. The molecule has 0 saturated heterocycles. The fourth-order valence-corrected chi connectivity index (χ4v) is 4.05. The summed E-state index contributed by atoms with van der Waals surface area (Å²) in [4.78, 5) is 21.8. The quantitative estimate of drug-likeness (QED) is 0.438. The molecule has 32 heavy (non-hydrogen) atoms. The number of nitrogens with one attached hydrogen (secondary N) is 4. The van der Waals surface area contributed by atoms with Gasteiger partial charge in [0.15, 0.2) is 0 Å². The summed E-state index contributed by atoms with van der Waals surface area (Å²) in [6, 6.07) is 15.4. The first kappa shape index (κ1) is 21.6. The first-order valence-electron chi connectivity index (χ1n) is 10.9. The van der Waals surface area contributed by atoms with E-state index in [1.807, 2.05) is 49.4 Å². The molecule has 1 amide bonds. The average molecular weight is 431 g/mol. The summed E-state index contributed by atoms with van der Waals surface area (Å²) in [5.41, 5.74) is 5.43. The molecule has 0 bridgehead atoms. The Morgan fingerprint density at radius 2 is 1.97 bits per heavy atom. The molecule has 166 valence electrons. The van der Waals surface area contributed by atoms with E-state index in [-0.39, 0.29) is 17.4 Å². The van der Waals surface area contributed by atoms with Crippen molar-refractivity contribution in [3.05, 3.63) is 71.5 Å². The summed E-state index contributed by atoms with van der Waals surface area (Å²) >= 11 is 0. The van der Waals surface area contributed by atoms with Crippen LogP contribution in [-0.2, 0) is 5.41 Å². The average Bonchev–Trinajstić information content (AvgIpc) is 2.79. The third-order valence-electron chi connectivity index (χ3n) is 5.96. The monoisotopic (exact) mass is 430 g/mol. The van der Waals surface area contributed by atoms with E-state index in [1.54, 1.807) is 13.2 Å². The Morgan fingerprint density at radius 1 is 1.16 bits per heavy atom. The first-order valence-corrected chi connectivity index (χ1v) is 10.9. The van der Waals surface area contributed by atoms with Gasteiger partial charge in [-0.1, -0.05) is 32.0 Å². The Morgan fingerprint density at radius 3 is 2.78 bits per heavy atom. The fraction of sp³-hybridized carbons (Fsp3) is 0.320. The molecule has 4 N–H and O–H groups in total. The van der Waals surface area contributed by atoms with Gasteiger partial charge >= 0.3 is 0 Å². The second-order valence-electron chi connectivity index (χ2n) is 8.74. The number of anilines is 4. The van der Waals surface area contributed by atoms with Gasteiger partial charge in [-0.15, -0.1) is 0 Å². The highest BCUT2D eigenvalue weighted by molar-refractivity contribution is 6.08. The van der Waals surface area contributed by atoms with Crippen LogP contribution in [0.4, 0.5) is 23.0 Å². The lowest BCUT2D eigenvalue weighted by molar-refractivity contribution is 0.102. The lowest BCUT2D eigenvalue weighted by Crippen LogP contribution is -2.28. The Labute approximate surface area is 189 Å². The molecule has 1 aliphatic rings. The lowest BCUT2D eigenvalue weighted by atomic mass is 9.78. The summed E-state index contributed by atoms with van der Waals surface area (Å²) in [6.07, 6.45) is 2.81. The molecular weight excluding hydrogens is 400 g/mol. The van der Waals surface area contributed by atoms with E-state index in [0.29, 0.717) is 11.5 Å². The van der Waals surface area contributed by atoms with Crippen LogP contribution >= 0.6 is 0 Å². The Hall–Kier alpha value is -3.61. The third kappa shape index (κ3) is 4.51. The highest BCUT2D eigenvalue weighted by Crippen LogP contribution is 2.38. The molecule has 0 radical (unpaired) electrons. The zero-order chi connectivity index (χ0) is 22.7. The second-order valence-corrected chi connectivity index (χ2v) is 8.74.